The predicted octanol–water partition coefficient (Wildman–Crippen LogP) is 8.58. The molecule has 0 unspecified atom stereocenters. The second kappa shape index (κ2) is 25.1. The van der Waals surface area contributed by atoms with Gasteiger partial charge in [0.15, 0.2) is 5.76 Å². The van der Waals surface area contributed by atoms with E-state index in [0.717, 1.165) is 50.0 Å². The van der Waals surface area contributed by atoms with Gasteiger partial charge in [0.05, 0.1) is 25.8 Å². The molecule has 47 heavy (non-hydrogen) atoms. The smallest absolute Gasteiger partial charge is 0.404 e. The van der Waals surface area contributed by atoms with Crippen molar-refractivity contribution >= 4 is 29.4 Å². The van der Waals surface area contributed by atoms with Crippen molar-refractivity contribution in [2.24, 2.45) is 10.9 Å². The highest BCUT2D eigenvalue weighted by Crippen LogP contribution is 2.32. The van der Waals surface area contributed by atoms with E-state index in [4.69, 9.17) is 26.9 Å². The van der Waals surface area contributed by atoms with Crippen LogP contribution < -0.4 is 5.73 Å². The van der Waals surface area contributed by atoms with Crippen LogP contribution >= 0.6 is 11.6 Å². The van der Waals surface area contributed by atoms with Crippen molar-refractivity contribution in [1.29, 1.82) is 0 Å². The molecule has 0 bridgehead atoms. The van der Waals surface area contributed by atoms with E-state index in [1.807, 2.05) is 32.9 Å². The fourth-order valence-corrected chi connectivity index (χ4v) is 4.72. The summed E-state index contributed by atoms with van der Waals surface area (Å²) in [4.78, 5) is 29.2. The monoisotopic (exact) mass is 669 g/mol. The third-order valence-corrected chi connectivity index (χ3v) is 7.15. The number of halogens is 1. The van der Waals surface area contributed by atoms with E-state index in [9.17, 15) is 9.59 Å². The molecule has 10 heteroatoms. The minimum atomic E-state index is -0.796. The summed E-state index contributed by atoms with van der Waals surface area (Å²) in [6.07, 6.45) is 18.1. The van der Waals surface area contributed by atoms with Gasteiger partial charge in [-0.1, -0.05) is 92.2 Å². The summed E-state index contributed by atoms with van der Waals surface area (Å²) in [5.74, 6) is 0.428. The standard InChI is InChI=1S/C24H32N2O4.C8H8ClNO2.C3H6.C2H6/c1-19-17-26(23-11-7-3-6-10-22(19)23)15-8-4-5-9-20-12-13-21(30-25-20)18-29-16-14-24(27)28-2;9-7-4-2-1-3-6(7)5-12-8(10)11;1-3-2;1-2/h3,6-7,10,13H,1,4-5,8-9,11-12,14-18H2,2H3;1-4H,5H2,(H2,10,11);3H,1H2,2H3;1-2H3. The van der Waals surface area contributed by atoms with E-state index < -0.39 is 6.09 Å². The van der Waals surface area contributed by atoms with Crippen LogP contribution in [0.4, 0.5) is 4.79 Å². The molecule has 1 amide bonds. The molecule has 0 radical (unpaired) electrons. The van der Waals surface area contributed by atoms with Gasteiger partial charge in [-0.3, -0.25) is 4.79 Å². The SMILES string of the molecule is C=C1CN(CCCCCC2=NOC(COCCC(=O)OC)=CC2)C2=C1C=CC=CC2.C=CC.CC.NC(=O)OCc1ccccc1Cl. The quantitative estimate of drug-likeness (QED) is 0.127. The predicted molar refractivity (Wildman–Crippen MR) is 191 cm³/mol. The second-order valence-corrected chi connectivity index (χ2v) is 10.7. The molecule has 0 spiro atoms. The maximum atomic E-state index is 11.0. The largest absolute Gasteiger partial charge is 0.469 e. The van der Waals surface area contributed by atoms with Crippen molar-refractivity contribution in [3.63, 3.8) is 0 Å². The van der Waals surface area contributed by atoms with Gasteiger partial charge in [-0.05, 0) is 49.5 Å². The summed E-state index contributed by atoms with van der Waals surface area (Å²) in [6.45, 7) is 16.3. The summed E-state index contributed by atoms with van der Waals surface area (Å²) >= 11 is 5.78. The number of nitrogens with zero attached hydrogens (tertiary/aromatic N) is 2. The third-order valence-electron chi connectivity index (χ3n) is 6.78. The number of nitrogens with two attached hydrogens (primary N) is 1. The van der Waals surface area contributed by atoms with Crippen molar-refractivity contribution in [1.82, 2.24) is 4.90 Å². The molecule has 0 atom stereocenters. The highest BCUT2D eigenvalue weighted by atomic mass is 35.5. The Labute approximate surface area is 286 Å². The topological polar surface area (TPSA) is 113 Å². The number of benzene rings is 1. The van der Waals surface area contributed by atoms with Gasteiger partial charge in [0.2, 0.25) is 0 Å². The number of carbonyl (C=O) groups is 2. The maximum Gasteiger partial charge on any atom is 0.404 e. The van der Waals surface area contributed by atoms with E-state index in [2.05, 4.69) is 57.0 Å². The molecule has 1 aliphatic carbocycles. The molecule has 9 nitrogen and oxygen atoms in total. The normalized spacial score (nSPS) is 14.3. The first-order chi connectivity index (χ1) is 22.8. The number of allylic oxidation sites excluding steroid dienone is 6. The number of carbonyl (C=O) groups excluding carboxylic acids is 2. The number of oxime groups is 1. The van der Waals surface area contributed by atoms with Crippen molar-refractivity contribution in [2.45, 2.75) is 72.3 Å². The number of primary amides is 1. The third kappa shape index (κ3) is 16.9. The lowest BCUT2D eigenvalue weighted by Gasteiger charge is -2.21. The summed E-state index contributed by atoms with van der Waals surface area (Å²) < 4.78 is 14.5. The number of hydrogen-bond acceptors (Lipinski definition) is 8. The molecule has 2 heterocycles. The van der Waals surface area contributed by atoms with Crippen molar-refractivity contribution in [3.05, 3.63) is 107 Å². The van der Waals surface area contributed by atoms with Crippen LogP contribution in [0.1, 0.15) is 71.3 Å². The number of amides is 1. The Bertz CT molecular complexity index is 1300. The fourth-order valence-electron chi connectivity index (χ4n) is 4.53. The van der Waals surface area contributed by atoms with E-state index in [-0.39, 0.29) is 19.0 Å². The van der Waals surface area contributed by atoms with Crippen LogP contribution in [0.25, 0.3) is 0 Å². The van der Waals surface area contributed by atoms with Gasteiger partial charge in [0.25, 0.3) is 0 Å². The number of rotatable bonds is 13. The Morgan fingerprint density at radius 1 is 1.13 bits per heavy atom. The number of methoxy groups -OCH3 is 1. The zero-order valence-electron chi connectivity index (χ0n) is 28.5. The molecule has 3 aliphatic rings. The van der Waals surface area contributed by atoms with E-state index >= 15 is 0 Å². The van der Waals surface area contributed by atoms with Crippen LogP contribution in [0.5, 0.6) is 0 Å². The van der Waals surface area contributed by atoms with Crippen LogP contribution in [0.2, 0.25) is 5.02 Å². The first kappa shape index (κ1) is 40.9. The molecule has 4 rings (SSSR count). The molecular weight excluding hydrogens is 618 g/mol. The van der Waals surface area contributed by atoms with Crippen molar-refractivity contribution in [3.8, 4) is 0 Å². The van der Waals surface area contributed by atoms with E-state index in [1.54, 1.807) is 24.3 Å². The summed E-state index contributed by atoms with van der Waals surface area (Å²) in [5, 5.41) is 4.79. The lowest BCUT2D eigenvalue weighted by molar-refractivity contribution is -0.141. The summed E-state index contributed by atoms with van der Waals surface area (Å²) in [5.41, 5.74) is 10.6. The van der Waals surface area contributed by atoms with Gasteiger partial charge >= 0.3 is 12.1 Å². The zero-order chi connectivity index (χ0) is 34.9. The van der Waals surface area contributed by atoms with Crippen LogP contribution in [-0.2, 0) is 30.4 Å². The molecule has 1 aromatic rings. The van der Waals surface area contributed by atoms with Gasteiger partial charge in [0.1, 0.15) is 13.2 Å². The number of esters is 1. The van der Waals surface area contributed by atoms with Crippen molar-refractivity contribution in [2.75, 3.05) is 33.4 Å². The lowest BCUT2D eigenvalue weighted by atomic mass is 10.1. The van der Waals surface area contributed by atoms with Gasteiger partial charge in [-0.2, -0.15) is 0 Å². The molecule has 258 valence electrons. The number of unbranched alkanes of at least 4 members (excludes halogenated alkanes) is 2. The minimum absolute atomic E-state index is 0.120. The van der Waals surface area contributed by atoms with Crippen LogP contribution in [-0.4, -0.2) is 56.1 Å². The number of hydrogen-bond donors (Lipinski definition) is 1. The van der Waals surface area contributed by atoms with Gasteiger partial charge in [-0.15, -0.1) is 6.58 Å². The Morgan fingerprint density at radius 2 is 1.87 bits per heavy atom. The average molecular weight is 670 g/mol. The Kier molecular flexibility index (Phi) is 21.8. The molecule has 2 N–H and O–H groups in total. The van der Waals surface area contributed by atoms with E-state index in [0.29, 0.717) is 24.0 Å². The minimum Gasteiger partial charge on any atom is -0.469 e. The first-order valence-corrected chi connectivity index (χ1v) is 16.4. The average Bonchev–Trinajstić information content (AvgIpc) is 3.21. The van der Waals surface area contributed by atoms with E-state index in [1.165, 1.54) is 36.8 Å². The molecule has 0 aromatic heterocycles. The maximum absolute atomic E-state index is 11.0. The zero-order valence-corrected chi connectivity index (χ0v) is 29.2. The van der Waals surface area contributed by atoms with Gasteiger partial charge < -0.3 is 29.7 Å². The molecule has 2 aliphatic heterocycles. The molecule has 1 aromatic carbocycles. The highest BCUT2D eigenvalue weighted by molar-refractivity contribution is 6.31. The number of ether oxygens (including phenoxy) is 3. The van der Waals surface area contributed by atoms with Crippen molar-refractivity contribution < 1.29 is 28.6 Å². The Morgan fingerprint density at radius 3 is 2.53 bits per heavy atom. The summed E-state index contributed by atoms with van der Waals surface area (Å²) in [6, 6.07) is 7.11. The van der Waals surface area contributed by atoms with Crippen LogP contribution in [0, 0.1) is 0 Å². The second-order valence-electron chi connectivity index (χ2n) is 10.3. The highest BCUT2D eigenvalue weighted by Gasteiger charge is 2.23. The van der Waals surface area contributed by atoms with Gasteiger partial charge in [0, 0.05) is 42.2 Å². The molecule has 0 fully saturated rings. The fraction of sp³-hybridized carbons (Fsp3) is 0.432. The van der Waals surface area contributed by atoms with Crippen LogP contribution in [0.3, 0.4) is 0 Å². The van der Waals surface area contributed by atoms with Crippen LogP contribution in [0.15, 0.2) is 102 Å². The lowest BCUT2D eigenvalue weighted by Crippen LogP contribution is -2.21. The first-order valence-electron chi connectivity index (χ1n) is 16.1. The molecular formula is C37H52ClN3O6. The Balaban J connectivity index is 0.000000539. The van der Waals surface area contributed by atoms with Gasteiger partial charge in [-0.25, -0.2) is 4.79 Å². The summed E-state index contributed by atoms with van der Waals surface area (Å²) in [7, 11) is 1.37. The Hall–Kier alpha value is -4.08. The molecule has 0 saturated carbocycles. The molecule has 0 saturated heterocycles.